The van der Waals surface area contributed by atoms with Crippen LogP contribution in [0, 0.1) is 0 Å². The molecule has 108 valence electrons. The first-order valence-electron chi connectivity index (χ1n) is 5.91. The van der Waals surface area contributed by atoms with Crippen LogP contribution in [0.2, 0.25) is 0 Å². The lowest BCUT2D eigenvalue weighted by atomic mass is 10.1. The Kier molecular flexibility index (Phi) is 3.69. The van der Waals surface area contributed by atoms with Crippen molar-refractivity contribution in [2.75, 3.05) is 13.6 Å². The predicted octanol–water partition coefficient (Wildman–Crippen LogP) is 2.13. The molecule has 4 nitrogen and oxygen atoms in total. The van der Waals surface area contributed by atoms with Gasteiger partial charge in [-0.2, -0.15) is 13.2 Å². The Balaban J connectivity index is 2.32. The Hall–Kier alpha value is -2.05. The molecule has 7 heteroatoms. The van der Waals surface area contributed by atoms with E-state index in [1.54, 1.807) is 7.05 Å². The van der Waals surface area contributed by atoms with Crippen molar-refractivity contribution in [2.24, 2.45) is 0 Å². The largest absolute Gasteiger partial charge is 0.480 e. The highest BCUT2D eigenvalue weighted by molar-refractivity contribution is 5.83. The number of hydrogen-bond donors (Lipinski definition) is 0. The van der Waals surface area contributed by atoms with Gasteiger partial charge in [0.1, 0.15) is 12.0 Å². The number of ether oxygens (including phenoxy) is 1. The first kappa shape index (κ1) is 14.4. The second-order valence-corrected chi connectivity index (χ2v) is 4.53. The minimum atomic E-state index is -4.65. The molecule has 1 unspecified atom stereocenters. The third-order valence-corrected chi connectivity index (χ3v) is 3.09. The number of aldehydes is 1. The molecule has 0 radical (unpaired) electrons. The Morgan fingerprint density at radius 3 is 2.60 bits per heavy atom. The normalized spacial score (nSPS) is 19.3. The lowest BCUT2D eigenvalue weighted by Gasteiger charge is -2.17. The number of alkyl halides is 3. The lowest BCUT2D eigenvalue weighted by Crippen LogP contribution is -2.30. The van der Waals surface area contributed by atoms with Gasteiger partial charge < -0.3 is 9.64 Å². The highest BCUT2D eigenvalue weighted by Crippen LogP contribution is 2.37. The summed E-state index contributed by atoms with van der Waals surface area (Å²) in [5.41, 5.74) is -1.15. The van der Waals surface area contributed by atoms with Crippen LogP contribution in [0.5, 0.6) is 5.75 Å². The minimum absolute atomic E-state index is 0.0976. The molecule has 0 spiro atoms. The molecule has 0 aliphatic carbocycles. The third kappa shape index (κ3) is 2.76. The molecule has 0 bridgehead atoms. The van der Waals surface area contributed by atoms with Crippen LogP contribution in [-0.4, -0.2) is 36.8 Å². The van der Waals surface area contributed by atoms with E-state index in [4.69, 9.17) is 4.74 Å². The van der Waals surface area contributed by atoms with Gasteiger partial charge in [-0.05, 0) is 18.2 Å². The molecule has 1 heterocycles. The van der Waals surface area contributed by atoms with E-state index in [0.29, 0.717) is 25.3 Å². The number of nitrogens with zero attached hydrogens (tertiary/aromatic N) is 1. The standard InChI is InChI=1S/C13H12F3NO3/c1-17-5-4-11(12(17)19)20-10-3-2-8(7-18)6-9(10)13(14,15)16/h2-3,6-7,11H,4-5H2,1H3. The van der Waals surface area contributed by atoms with Crippen molar-refractivity contribution in [2.45, 2.75) is 18.7 Å². The second kappa shape index (κ2) is 5.15. The van der Waals surface area contributed by atoms with Gasteiger partial charge >= 0.3 is 6.18 Å². The average Bonchev–Trinajstić information content (AvgIpc) is 2.70. The van der Waals surface area contributed by atoms with Crippen LogP contribution >= 0.6 is 0 Å². The van der Waals surface area contributed by atoms with Crippen molar-refractivity contribution in [3.05, 3.63) is 29.3 Å². The highest BCUT2D eigenvalue weighted by atomic mass is 19.4. The molecule has 2 rings (SSSR count). The third-order valence-electron chi connectivity index (χ3n) is 3.09. The Bertz CT molecular complexity index is 542. The molecule has 1 aromatic carbocycles. The fraction of sp³-hybridized carbons (Fsp3) is 0.385. The highest BCUT2D eigenvalue weighted by Gasteiger charge is 2.37. The van der Waals surface area contributed by atoms with Gasteiger partial charge in [0.2, 0.25) is 0 Å². The summed E-state index contributed by atoms with van der Waals surface area (Å²) in [7, 11) is 1.56. The molecule has 0 N–H and O–H groups in total. The predicted molar refractivity (Wildman–Crippen MR) is 63.5 cm³/mol. The van der Waals surface area contributed by atoms with Crippen molar-refractivity contribution in [1.82, 2.24) is 4.90 Å². The molecule has 1 amide bonds. The number of amides is 1. The number of benzene rings is 1. The van der Waals surface area contributed by atoms with E-state index >= 15 is 0 Å². The first-order chi connectivity index (χ1) is 9.32. The molecular formula is C13H12F3NO3. The van der Waals surface area contributed by atoms with Crippen molar-refractivity contribution < 1.29 is 27.5 Å². The monoisotopic (exact) mass is 287 g/mol. The molecule has 1 saturated heterocycles. The number of halogens is 3. The van der Waals surface area contributed by atoms with Gasteiger partial charge in [-0.1, -0.05) is 0 Å². The first-order valence-corrected chi connectivity index (χ1v) is 5.91. The zero-order chi connectivity index (χ0) is 14.9. The zero-order valence-electron chi connectivity index (χ0n) is 10.6. The van der Waals surface area contributed by atoms with Crippen LogP contribution in [0.1, 0.15) is 22.3 Å². The van der Waals surface area contributed by atoms with Gasteiger partial charge in [-0.25, -0.2) is 0 Å². The zero-order valence-corrected chi connectivity index (χ0v) is 10.6. The van der Waals surface area contributed by atoms with E-state index in [9.17, 15) is 22.8 Å². The van der Waals surface area contributed by atoms with E-state index in [1.807, 2.05) is 0 Å². The quantitative estimate of drug-likeness (QED) is 0.800. The van der Waals surface area contributed by atoms with Crippen molar-refractivity contribution in [3.63, 3.8) is 0 Å². The fourth-order valence-electron chi connectivity index (χ4n) is 2.00. The summed E-state index contributed by atoms with van der Waals surface area (Å²) >= 11 is 0. The van der Waals surface area contributed by atoms with E-state index in [1.165, 1.54) is 11.0 Å². The maximum atomic E-state index is 12.9. The summed E-state index contributed by atoms with van der Waals surface area (Å²) in [5, 5.41) is 0. The number of rotatable bonds is 3. The topological polar surface area (TPSA) is 46.6 Å². The number of likely N-dealkylation sites (tertiary alicyclic amines) is 1. The van der Waals surface area contributed by atoms with E-state index in [0.717, 1.165) is 6.07 Å². The fourth-order valence-corrected chi connectivity index (χ4v) is 2.00. The second-order valence-electron chi connectivity index (χ2n) is 4.53. The number of likely N-dealkylation sites (N-methyl/N-ethyl adjacent to an activating group) is 1. The van der Waals surface area contributed by atoms with Crippen molar-refractivity contribution >= 4 is 12.2 Å². The summed E-state index contributed by atoms with van der Waals surface area (Å²) in [6, 6.07) is 3.00. The van der Waals surface area contributed by atoms with Crippen LogP contribution in [0.4, 0.5) is 13.2 Å². The van der Waals surface area contributed by atoms with Crippen LogP contribution in [0.3, 0.4) is 0 Å². The molecule has 1 fully saturated rings. The molecule has 0 aromatic heterocycles. The van der Waals surface area contributed by atoms with Crippen LogP contribution in [-0.2, 0) is 11.0 Å². The van der Waals surface area contributed by atoms with Gasteiger partial charge in [0.15, 0.2) is 6.10 Å². The summed E-state index contributed by atoms with van der Waals surface area (Å²) in [6.45, 7) is 0.442. The van der Waals surface area contributed by atoms with E-state index in [-0.39, 0.29) is 11.5 Å². The SMILES string of the molecule is CN1CCC(Oc2ccc(C=O)cc2C(F)(F)F)C1=O. The summed E-state index contributed by atoms with van der Waals surface area (Å²) in [4.78, 5) is 23.6. The van der Waals surface area contributed by atoms with Crippen molar-refractivity contribution in [1.29, 1.82) is 0 Å². The molecule has 20 heavy (non-hydrogen) atoms. The van der Waals surface area contributed by atoms with Gasteiger partial charge in [-0.15, -0.1) is 0 Å². The van der Waals surface area contributed by atoms with Crippen LogP contribution in [0.25, 0.3) is 0 Å². The summed E-state index contributed by atoms with van der Waals surface area (Å²) < 4.78 is 44.0. The van der Waals surface area contributed by atoms with Crippen molar-refractivity contribution in [3.8, 4) is 5.75 Å². The lowest BCUT2D eigenvalue weighted by molar-refractivity contribution is -0.141. The molecule has 1 aliphatic heterocycles. The van der Waals surface area contributed by atoms with Gasteiger partial charge in [-0.3, -0.25) is 9.59 Å². The summed E-state index contributed by atoms with van der Waals surface area (Å²) in [6.07, 6.45) is -4.90. The van der Waals surface area contributed by atoms with E-state index < -0.39 is 23.6 Å². The number of carbonyl (C=O) groups excluding carboxylic acids is 2. The molecule has 1 aromatic rings. The van der Waals surface area contributed by atoms with Gasteiger partial charge in [0.25, 0.3) is 5.91 Å². The minimum Gasteiger partial charge on any atom is -0.480 e. The Morgan fingerprint density at radius 2 is 2.10 bits per heavy atom. The Labute approximate surface area is 113 Å². The molecule has 1 aliphatic rings. The number of carbonyl (C=O) groups is 2. The summed E-state index contributed by atoms with van der Waals surface area (Å²) in [5.74, 6) is -0.783. The van der Waals surface area contributed by atoms with E-state index in [2.05, 4.69) is 0 Å². The van der Waals surface area contributed by atoms with Crippen LogP contribution < -0.4 is 4.74 Å². The Morgan fingerprint density at radius 1 is 1.40 bits per heavy atom. The molecule has 0 saturated carbocycles. The smallest absolute Gasteiger partial charge is 0.419 e. The van der Waals surface area contributed by atoms with Gasteiger partial charge in [0, 0.05) is 25.6 Å². The molecular weight excluding hydrogens is 275 g/mol. The average molecular weight is 287 g/mol. The number of hydrogen-bond acceptors (Lipinski definition) is 3. The maximum absolute atomic E-state index is 12.9. The molecule has 1 atom stereocenters. The van der Waals surface area contributed by atoms with Crippen LogP contribution in [0.15, 0.2) is 18.2 Å². The maximum Gasteiger partial charge on any atom is 0.419 e. The van der Waals surface area contributed by atoms with Gasteiger partial charge in [0.05, 0.1) is 5.56 Å².